The highest BCUT2D eigenvalue weighted by Crippen LogP contribution is 2.27. The fraction of sp³-hybridized carbons (Fsp3) is 0.500. The molecular formula is C12H16FN. The van der Waals surface area contributed by atoms with Gasteiger partial charge in [0, 0.05) is 11.7 Å². The largest absolute Gasteiger partial charge is 0.382 e. The van der Waals surface area contributed by atoms with Crippen molar-refractivity contribution in [2.75, 3.05) is 5.32 Å². The van der Waals surface area contributed by atoms with Crippen molar-refractivity contribution in [1.82, 2.24) is 0 Å². The van der Waals surface area contributed by atoms with Gasteiger partial charge in [-0.3, -0.25) is 0 Å². The van der Waals surface area contributed by atoms with Crippen LogP contribution in [0.15, 0.2) is 24.3 Å². The van der Waals surface area contributed by atoms with E-state index < -0.39 is 0 Å². The number of hydrogen-bond donors (Lipinski definition) is 1. The summed E-state index contributed by atoms with van der Waals surface area (Å²) in [5, 5.41) is 3.37. The number of nitrogens with one attached hydrogen (secondary N) is 1. The molecule has 1 N–H and O–H groups in total. The van der Waals surface area contributed by atoms with Crippen LogP contribution in [0.1, 0.15) is 26.2 Å². The molecule has 0 spiro atoms. The molecule has 1 aromatic carbocycles. The van der Waals surface area contributed by atoms with E-state index in [1.165, 1.54) is 25.3 Å². The Morgan fingerprint density at radius 2 is 2.21 bits per heavy atom. The Morgan fingerprint density at radius 3 is 2.86 bits per heavy atom. The zero-order chi connectivity index (χ0) is 9.97. The van der Waals surface area contributed by atoms with Crippen LogP contribution in [-0.2, 0) is 0 Å². The average Bonchev–Trinajstić information content (AvgIpc) is 2.51. The Balaban J connectivity index is 1.97. The fourth-order valence-corrected chi connectivity index (χ4v) is 2.15. The molecule has 1 aromatic rings. The summed E-state index contributed by atoms with van der Waals surface area (Å²) in [4.78, 5) is 0. The summed E-state index contributed by atoms with van der Waals surface area (Å²) in [5.74, 6) is 0.641. The summed E-state index contributed by atoms with van der Waals surface area (Å²) in [5.41, 5.74) is 0.907. The first kappa shape index (κ1) is 9.50. The van der Waals surface area contributed by atoms with Crippen LogP contribution in [0.3, 0.4) is 0 Å². The third-order valence-electron chi connectivity index (χ3n) is 2.89. The van der Waals surface area contributed by atoms with Gasteiger partial charge in [0.15, 0.2) is 0 Å². The smallest absolute Gasteiger partial charge is 0.125 e. The van der Waals surface area contributed by atoms with Gasteiger partial charge in [-0.15, -0.1) is 0 Å². The molecule has 0 heterocycles. The van der Waals surface area contributed by atoms with Crippen LogP contribution in [0.5, 0.6) is 0 Å². The topological polar surface area (TPSA) is 12.0 Å². The van der Waals surface area contributed by atoms with Gasteiger partial charge in [-0.2, -0.15) is 0 Å². The molecule has 1 nitrogen and oxygen atoms in total. The predicted molar refractivity (Wildman–Crippen MR) is 56.8 cm³/mol. The van der Waals surface area contributed by atoms with E-state index in [9.17, 15) is 4.39 Å². The number of anilines is 1. The molecule has 1 saturated carbocycles. The van der Waals surface area contributed by atoms with Crippen LogP contribution >= 0.6 is 0 Å². The van der Waals surface area contributed by atoms with E-state index >= 15 is 0 Å². The van der Waals surface area contributed by atoms with E-state index in [0.29, 0.717) is 6.04 Å². The second-order valence-electron chi connectivity index (χ2n) is 4.27. The van der Waals surface area contributed by atoms with Gasteiger partial charge in [0.1, 0.15) is 5.82 Å². The molecule has 0 radical (unpaired) electrons. The number of rotatable bonds is 2. The predicted octanol–water partition coefficient (Wildman–Crippen LogP) is 3.43. The number of hydrogen-bond acceptors (Lipinski definition) is 1. The number of benzene rings is 1. The number of halogens is 1. The lowest BCUT2D eigenvalue weighted by Gasteiger charge is -2.13. The second-order valence-corrected chi connectivity index (χ2v) is 4.27. The minimum atomic E-state index is -0.166. The van der Waals surface area contributed by atoms with Gasteiger partial charge in [0.05, 0.1) is 0 Å². The lowest BCUT2D eigenvalue weighted by atomic mass is 10.1. The van der Waals surface area contributed by atoms with E-state index in [1.54, 1.807) is 12.1 Å². The normalized spacial score (nSPS) is 26.4. The van der Waals surface area contributed by atoms with Crippen molar-refractivity contribution in [3.63, 3.8) is 0 Å². The molecule has 0 bridgehead atoms. The Morgan fingerprint density at radius 1 is 1.36 bits per heavy atom. The highest BCUT2D eigenvalue weighted by atomic mass is 19.1. The van der Waals surface area contributed by atoms with Crippen molar-refractivity contribution < 1.29 is 4.39 Å². The van der Waals surface area contributed by atoms with Crippen molar-refractivity contribution in [3.05, 3.63) is 30.1 Å². The van der Waals surface area contributed by atoms with E-state index in [-0.39, 0.29) is 5.82 Å². The molecule has 1 aliphatic rings. The summed E-state index contributed by atoms with van der Waals surface area (Å²) in [6.45, 7) is 2.27. The van der Waals surface area contributed by atoms with Crippen LogP contribution < -0.4 is 5.32 Å². The Labute approximate surface area is 84.3 Å². The minimum Gasteiger partial charge on any atom is -0.382 e. The van der Waals surface area contributed by atoms with Crippen LogP contribution in [0.25, 0.3) is 0 Å². The summed E-state index contributed by atoms with van der Waals surface area (Å²) in [6.07, 6.45) is 3.70. The summed E-state index contributed by atoms with van der Waals surface area (Å²) < 4.78 is 12.9. The summed E-state index contributed by atoms with van der Waals surface area (Å²) in [7, 11) is 0. The maximum Gasteiger partial charge on any atom is 0.125 e. The third-order valence-corrected chi connectivity index (χ3v) is 2.89. The van der Waals surface area contributed by atoms with Gasteiger partial charge in [0.25, 0.3) is 0 Å². The molecule has 0 aromatic heterocycles. The highest BCUT2D eigenvalue weighted by molar-refractivity contribution is 5.44. The van der Waals surface area contributed by atoms with Crippen molar-refractivity contribution in [2.45, 2.75) is 32.2 Å². The molecule has 14 heavy (non-hydrogen) atoms. The third kappa shape index (κ3) is 2.25. The fourth-order valence-electron chi connectivity index (χ4n) is 2.15. The maximum atomic E-state index is 12.9. The first-order valence-corrected chi connectivity index (χ1v) is 5.26. The first-order chi connectivity index (χ1) is 6.74. The van der Waals surface area contributed by atoms with Crippen molar-refractivity contribution in [1.29, 1.82) is 0 Å². The zero-order valence-corrected chi connectivity index (χ0v) is 8.46. The molecule has 2 heteroatoms. The molecule has 76 valence electrons. The molecule has 0 aliphatic heterocycles. The Kier molecular flexibility index (Phi) is 2.71. The van der Waals surface area contributed by atoms with Crippen molar-refractivity contribution in [3.8, 4) is 0 Å². The average molecular weight is 193 g/mol. The van der Waals surface area contributed by atoms with E-state index in [0.717, 1.165) is 11.6 Å². The van der Waals surface area contributed by atoms with Crippen LogP contribution in [0.2, 0.25) is 0 Å². The van der Waals surface area contributed by atoms with Gasteiger partial charge in [-0.25, -0.2) is 4.39 Å². The van der Waals surface area contributed by atoms with Crippen molar-refractivity contribution in [2.24, 2.45) is 5.92 Å². The van der Waals surface area contributed by atoms with Crippen molar-refractivity contribution >= 4 is 5.69 Å². The standard InChI is InChI=1S/C12H16FN/c1-9-5-6-12(7-9)14-11-4-2-3-10(13)8-11/h2-4,8-9,12,14H,5-7H2,1H3/t9-,12-/m1/s1. The summed E-state index contributed by atoms with van der Waals surface area (Å²) >= 11 is 0. The van der Waals surface area contributed by atoms with E-state index in [1.807, 2.05) is 6.07 Å². The van der Waals surface area contributed by atoms with Crippen LogP contribution in [0, 0.1) is 11.7 Å². The molecule has 1 fully saturated rings. The minimum absolute atomic E-state index is 0.166. The molecule has 0 unspecified atom stereocenters. The SMILES string of the molecule is C[C@@H]1CC[C@@H](Nc2cccc(F)c2)C1. The Bertz CT molecular complexity index is 311. The molecule has 1 aliphatic carbocycles. The van der Waals surface area contributed by atoms with Gasteiger partial charge < -0.3 is 5.32 Å². The van der Waals surface area contributed by atoms with E-state index in [4.69, 9.17) is 0 Å². The van der Waals surface area contributed by atoms with Gasteiger partial charge in [-0.1, -0.05) is 13.0 Å². The van der Waals surface area contributed by atoms with Gasteiger partial charge in [-0.05, 0) is 43.4 Å². The van der Waals surface area contributed by atoms with Gasteiger partial charge >= 0.3 is 0 Å². The van der Waals surface area contributed by atoms with E-state index in [2.05, 4.69) is 12.2 Å². The summed E-state index contributed by atoms with van der Waals surface area (Å²) in [6, 6.07) is 7.24. The zero-order valence-electron chi connectivity index (χ0n) is 8.46. The monoisotopic (exact) mass is 193 g/mol. The molecular weight excluding hydrogens is 177 g/mol. The Hall–Kier alpha value is -1.05. The van der Waals surface area contributed by atoms with Crippen LogP contribution in [-0.4, -0.2) is 6.04 Å². The van der Waals surface area contributed by atoms with Crippen LogP contribution in [0.4, 0.5) is 10.1 Å². The lowest BCUT2D eigenvalue weighted by molar-refractivity contribution is 0.602. The quantitative estimate of drug-likeness (QED) is 0.758. The maximum absolute atomic E-state index is 12.9. The second kappa shape index (κ2) is 3.99. The lowest BCUT2D eigenvalue weighted by Crippen LogP contribution is -2.15. The first-order valence-electron chi connectivity index (χ1n) is 5.26. The molecule has 2 atom stereocenters. The molecule has 0 saturated heterocycles. The highest BCUT2D eigenvalue weighted by Gasteiger charge is 2.20. The van der Waals surface area contributed by atoms with Gasteiger partial charge in [0.2, 0.25) is 0 Å². The molecule has 2 rings (SSSR count). The molecule has 0 amide bonds.